The molecule has 3 aliphatic heterocycles. The van der Waals surface area contributed by atoms with Crippen molar-refractivity contribution >= 4 is 45.3 Å². The summed E-state index contributed by atoms with van der Waals surface area (Å²) in [6.45, 7) is 15.3. The molecule has 54 heavy (non-hydrogen) atoms. The number of nitrogens with one attached hydrogen (secondary N) is 1. The van der Waals surface area contributed by atoms with Crippen LogP contribution < -0.4 is 10.2 Å². The van der Waals surface area contributed by atoms with E-state index in [1.165, 1.54) is 12.0 Å². The molecule has 2 N–H and O–H groups in total. The fourth-order valence-corrected chi connectivity index (χ4v) is 9.70. The molecule has 3 heterocycles. The molecule has 3 saturated heterocycles. The molecule has 11 nitrogen and oxygen atoms in total. The summed E-state index contributed by atoms with van der Waals surface area (Å²) in [5, 5.41) is 13.8. The Labute approximate surface area is 327 Å². The lowest BCUT2D eigenvalue weighted by Crippen LogP contribution is -2.59. The zero-order valence-electron chi connectivity index (χ0n) is 31.9. The van der Waals surface area contributed by atoms with E-state index in [1.807, 2.05) is 64.1 Å². The molecule has 1 unspecified atom stereocenters. The Morgan fingerprint density at radius 1 is 1.11 bits per heavy atom. The van der Waals surface area contributed by atoms with Gasteiger partial charge in [0.25, 0.3) is 5.91 Å². The summed E-state index contributed by atoms with van der Waals surface area (Å²) in [7, 11) is 1.50. The van der Waals surface area contributed by atoms with Gasteiger partial charge in [0.15, 0.2) is 0 Å². The van der Waals surface area contributed by atoms with Crippen molar-refractivity contribution in [1.29, 1.82) is 0 Å². The standard InChI is InChI=1S/C42H54BrN3O8/c1-8-10-19-32(48)44-31(24-52-7)36(28-17-12-11-13-18-28)53-41(51)33-34-39(49)46(29(23-47)21-25(3)4)38(42(34)22-30(43)37(33)54-42)40(50)45(20-9-2)35-26(5)15-14-16-27(35)6/h8-9,11-18,25,29-31,33-34,36-38,47H,1-2,10,19-24H2,3-7H3,(H,44,48)/t29-,30?,31-,33+,34-,36-,37+,38+,42-/m1/s1. The fraction of sp³-hybridized carbons (Fsp3) is 0.524. The number of carbonyl (C=O) groups is 4. The molecule has 2 aromatic rings. The average molecular weight is 809 g/mol. The normalized spacial score (nSPS) is 25.9. The molecule has 2 aromatic carbocycles. The van der Waals surface area contributed by atoms with Crippen LogP contribution in [0.3, 0.4) is 0 Å². The van der Waals surface area contributed by atoms with E-state index < -0.39 is 59.6 Å². The van der Waals surface area contributed by atoms with Crippen LogP contribution in [0.5, 0.6) is 0 Å². The Balaban J connectivity index is 1.59. The molecule has 1 spiro atoms. The predicted octanol–water partition coefficient (Wildman–Crippen LogP) is 5.36. The molecule has 0 aliphatic carbocycles. The van der Waals surface area contributed by atoms with E-state index in [0.717, 1.165) is 11.1 Å². The molecular formula is C42H54BrN3O8. The molecule has 0 aromatic heterocycles. The fourth-order valence-electron chi connectivity index (χ4n) is 8.75. The highest BCUT2D eigenvalue weighted by Gasteiger charge is 2.77. The van der Waals surface area contributed by atoms with Gasteiger partial charge in [-0.15, -0.1) is 13.2 Å². The number of aryl methyl sites for hydroxylation is 2. The van der Waals surface area contributed by atoms with Crippen molar-refractivity contribution in [2.24, 2.45) is 17.8 Å². The summed E-state index contributed by atoms with van der Waals surface area (Å²) in [5.74, 6) is -3.82. The number of allylic oxidation sites excluding steroid dienone is 1. The third kappa shape index (κ3) is 7.94. The molecule has 12 heteroatoms. The number of benzene rings is 2. The smallest absolute Gasteiger partial charge is 0.313 e. The molecule has 0 radical (unpaired) electrons. The second kappa shape index (κ2) is 17.7. The lowest BCUT2D eigenvalue weighted by atomic mass is 9.70. The van der Waals surface area contributed by atoms with E-state index in [0.29, 0.717) is 24.1 Å². The van der Waals surface area contributed by atoms with Gasteiger partial charge in [0.2, 0.25) is 11.8 Å². The monoisotopic (exact) mass is 807 g/mol. The largest absolute Gasteiger partial charge is 0.455 e. The Bertz CT molecular complexity index is 1680. The highest BCUT2D eigenvalue weighted by molar-refractivity contribution is 9.09. The minimum atomic E-state index is -1.40. The number of halogens is 1. The zero-order chi connectivity index (χ0) is 39.3. The molecular weight excluding hydrogens is 754 g/mol. The van der Waals surface area contributed by atoms with E-state index >= 15 is 9.59 Å². The van der Waals surface area contributed by atoms with Crippen LogP contribution >= 0.6 is 15.9 Å². The van der Waals surface area contributed by atoms with Crippen molar-refractivity contribution in [2.45, 2.75) is 94.1 Å². The highest BCUT2D eigenvalue weighted by Crippen LogP contribution is 2.61. The number of hydrogen-bond acceptors (Lipinski definition) is 8. The number of rotatable bonds is 18. The number of aliphatic hydroxyl groups is 1. The van der Waals surface area contributed by atoms with E-state index in [-0.39, 0.29) is 55.2 Å². The third-order valence-electron chi connectivity index (χ3n) is 10.9. The third-order valence-corrected chi connectivity index (χ3v) is 11.7. The van der Waals surface area contributed by atoms with Crippen LogP contribution in [0.4, 0.5) is 5.69 Å². The van der Waals surface area contributed by atoms with E-state index in [1.54, 1.807) is 29.2 Å². The SMILES string of the molecule is C=CCCC(=O)N[C@H](COC)[C@H](OC(=O)[C@@H]1[C@H]2O[C@@]3(CC2Br)[C@H](C(=O)N(CC=C)c2c(C)cccc2C)N([C@@H](CO)CC(C)C)C(=O)[C@@H]13)c1ccccc1. The topological polar surface area (TPSA) is 135 Å². The highest BCUT2D eigenvalue weighted by atomic mass is 79.9. The number of fused-ring (bicyclic) bond motifs is 1. The number of esters is 1. The quantitative estimate of drug-likeness (QED) is 0.117. The minimum absolute atomic E-state index is 0.0415. The number of carbonyl (C=O) groups excluding carboxylic acids is 4. The molecule has 292 valence electrons. The molecule has 5 rings (SSSR count). The van der Waals surface area contributed by atoms with Gasteiger partial charge in [-0.2, -0.15) is 0 Å². The van der Waals surface area contributed by atoms with Crippen LogP contribution in [0.1, 0.15) is 62.3 Å². The van der Waals surface area contributed by atoms with E-state index in [9.17, 15) is 14.7 Å². The Kier molecular flexibility index (Phi) is 13.6. The van der Waals surface area contributed by atoms with Crippen molar-refractivity contribution in [2.75, 3.05) is 31.8 Å². The Morgan fingerprint density at radius 3 is 2.39 bits per heavy atom. The van der Waals surface area contributed by atoms with Crippen LogP contribution in [-0.2, 0) is 33.4 Å². The molecule has 0 saturated carbocycles. The summed E-state index contributed by atoms with van der Waals surface area (Å²) in [4.78, 5) is 60.7. The molecule has 3 fully saturated rings. The first-order chi connectivity index (χ1) is 25.8. The second-order valence-corrected chi connectivity index (χ2v) is 16.3. The van der Waals surface area contributed by atoms with Gasteiger partial charge in [-0.25, -0.2) is 0 Å². The summed E-state index contributed by atoms with van der Waals surface area (Å²) in [6, 6.07) is 12.2. The first-order valence-corrected chi connectivity index (χ1v) is 19.6. The summed E-state index contributed by atoms with van der Waals surface area (Å²) in [6.07, 6.45) is 2.92. The van der Waals surface area contributed by atoms with Crippen LogP contribution in [-0.4, -0.2) is 95.2 Å². The van der Waals surface area contributed by atoms with Gasteiger partial charge in [0.05, 0.1) is 43.2 Å². The van der Waals surface area contributed by atoms with Gasteiger partial charge < -0.3 is 34.4 Å². The van der Waals surface area contributed by atoms with Crippen molar-refractivity contribution in [3.8, 4) is 0 Å². The van der Waals surface area contributed by atoms with Gasteiger partial charge >= 0.3 is 5.97 Å². The molecule has 3 amide bonds. The Hall–Kier alpha value is -3.84. The van der Waals surface area contributed by atoms with Crippen LogP contribution in [0.25, 0.3) is 0 Å². The van der Waals surface area contributed by atoms with Crippen molar-refractivity contribution < 1.29 is 38.5 Å². The summed E-state index contributed by atoms with van der Waals surface area (Å²) >= 11 is 3.77. The molecule has 3 aliphatic rings. The molecule has 9 atom stereocenters. The number of aliphatic hydroxyl groups excluding tert-OH is 1. The lowest BCUT2D eigenvalue weighted by Gasteiger charge is -2.40. The van der Waals surface area contributed by atoms with Crippen LogP contribution in [0, 0.1) is 31.6 Å². The number of amides is 3. The maximum atomic E-state index is 15.2. The lowest BCUT2D eigenvalue weighted by molar-refractivity contribution is -0.163. The predicted molar refractivity (Wildman–Crippen MR) is 210 cm³/mol. The number of ether oxygens (including phenoxy) is 3. The summed E-state index contributed by atoms with van der Waals surface area (Å²) < 4.78 is 18.7. The number of nitrogens with zero attached hydrogens (tertiary/aromatic N) is 2. The maximum absolute atomic E-state index is 15.2. The van der Waals surface area contributed by atoms with Crippen LogP contribution in [0.2, 0.25) is 0 Å². The first kappa shape index (κ1) is 41.3. The number of alkyl halides is 1. The van der Waals surface area contributed by atoms with Crippen molar-refractivity contribution in [3.05, 3.63) is 90.5 Å². The first-order valence-electron chi connectivity index (χ1n) is 18.7. The van der Waals surface area contributed by atoms with Crippen molar-refractivity contribution in [1.82, 2.24) is 10.2 Å². The van der Waals surface area contributed by atoms with Crippen molar-refractivity contribution in [3.63, 3.8) is 0 Å². The number of hydrogen-bond donors (Lipinski definition) is 2. The average Bonchev–Trinajstić information content (AvgIpc) is 3.74. The Morgan fingerprint density at radius 2 is 1.80 bits per heavy atom. The van der Waals surface area contributed by atoms with Crippen LogP contribution in [0.15, 0.2) is 73.8 Å². The van der Waals surface area contributed by atoms with Gasteiger partial charge in [-0.05, 0) is 55.7 Å². The zero-order valence-corrected chi connectivity index (χ0v) is 33.5. The summed E-state index contributed by atoms with van der Waals surface area (Å²) in [5.41, 5.74) is 1.69. The van der Waals surface area contributed by atoms with E-state index in [4.69, 9.17) is 14.2 Å². The number of anilines is 1. The van der Waals surface area contributed by atoms with Gasteiger partial charge in [-0.1, -0.05) is 90.5 Å². The number of para-hydroxylation sites is 1. The minimum Gasteiger partial charge on any atom is -0.455 e. The van der Waals surface area contributed by atoms with Gasteiger partial charge in [0.1, 0.15) is 17.7 Å². The number of likely N-dealkylation sites (tertiary alicyclic amines) is 1. The van der Waals surface area contributed by atoms with Gasteiger partial charge in [-0.3, -0.25) is 19.2 Å². The number of methoxy groups -OCH3 is 1. The maximum Gasteiger partial charge on any atom is 0.313 e. The van der Waals surface area contributed by atoms with E-state index in [2.05, 4.69) is 34.4 Å². The van der Waals surface area contributed by atoms with Gasteiger partial charge in [0, 0.05) is 30.6 Å². The second-order valence-electron chi connectivity index (χ2n) is 15.1. The molecule has 2 bridgehead atoms.